The number of hydrogen-bond donors (Lipinski definition) is 1. The molecule has 0 radical (unpaired) electrons. The van der Waals surface area contributed by atoms with Gasteiger partial charge in [0.25, 0.3) is 0 Å². The van der Waals surface area contributed by atoms with Crippen LogP contribution in [0.4, 0.5) is 17.6 Å². The fourth-order valence-electron chi connectivity index (χ4n) is 3.79. The molecule has 0 aliphatic heterocycles. The summed E-state index contributed by atoms with van der Waals surface area (Å²) in [6, 6.07) is 14.8. The Morgan fingerprint density at radius 1 is 1.10 bits per heavy atom. The van der Waals surface area contributed by atoms with Crippen LogP contribution < -0.4 is 4.74 Å². The summed E-state index contributed by atoms with van der Waals surface area (Å²) in [5.74, 6) is -0.470. The zero-order valence-corrected chi connectivity index (χ0v) is 22.9. The first kappa shape index (κ1) is 28.9. The van der Waals surface area contributed by atoms with E-state index < -0.39 is 30.1 Å². The number of thioether (sulfide) groups is 1. The van der Waals surface area contributed by atoms with Crippen molar-refractivity contribution >= 4 is 40.7 Å². The maximum absolute atomic E-state index is 14.4. The number of ether oxygens (including phenoxy) is 1. The second kappa shape index (κ2) is 12.4. The highest BCUT2D eigenvalue weighted by molar-refractivity contribution is 7.98. The average Bonchev–Trinajstić information content (AvgIpc) is 3.29. The molecule has 0 saturated carbocycles. The number of halogens is 5. The van der Waals surface area contributed by atoms with Crippen molar-refractivity contribution in [1.29, 1.82) is 0 Å². The van der Waals surface area contributed by atoms with Crippen LogP contribution in [0.5, 0.6) is 5.75 Å². The number of aromatic nitrogens is 1. The Labute approximate surface area is 235 Å². The van der Waals surface area contributed by atoms with Crippen LogP contribution in [0.25, 0.3) is 10.6 Å². The molecule has 3 aromatic carbocycles. The first-order valence-electron chi connectivity index (χ1n) is 11.7. The number of alkyl halides is 3. The van der Waals surface area contributed by atoms with Crippen LogP contribution in [0.3, 0.4) is 0 Å². The number of rotatable bonds is 10. The standard InChI is InChI=1S/C28H22ClF4NO3S2/c1-16-13-19(9-12-24(16)37-14-26(35)36)38-15-25-23(11-10-20-21(29)3-2-4-22(20)30)34-27(39-25)17-5-7-18(8-6-17)28(31,32)33/h2-9,12-13H,10-11,14-15H2,1H3,(H,35,36). The number of benzene rings is 3. The average molecular weight is 596 g/mol. The lowest BCUT2D eigenvalue weighted by atomic mass is 10.1. The fraction of sp³-hybridized carbons (Fsp3) is 0.214. The number of carboxylic acid groups (broad SMARTS) is 1. The first-order chi connectivity index (χ1) is 18.5. The summed E-state index contributed by atoms with van der Waals surface area (Å²) in [6.45, 7) is 1.39. The van der Waals surface area contributed by atoms with Gasteiger partial charge in [-0.15, -0.1) is 23.1 Å². The van der Waals surface area contributed by atoms with Crippen molar-refractivity contribution in [3.05, 3.63) is 98.8 Å². The Balaban J connectivity index is 1.57. The van der Waals surface area contributed by atoms with Gasteiger partial charge in [-0.05, 0) is 67.8 Å². The second-order valence-electron chi connectivity index (χ2n) is 8.56. The van der Waals surface area contributed by atoms with Crippen molar-refractivity contribution < 1.29 is 32.2 Å². The summed E-state index contributed by atoms with van der Waals surface area (Å²) in [4.78, 5) is 17.3. The highest BCUT2D eigenvalue weighted by Gasteiger charge is 2.30. The van der Waals surface area contributed by atoms with E-state index in [4.69, 9.17) is 26.4 Å². The Kier molecular flexibility index (Phi) is 9.19. The van der Waals surface area contributed by atoms with Crippen LogP contribution in [0.2, 0.25) is 5.02 Å². The van der Waals surface area contributed by atoms with Gasteiger partial charge < -0.3 is 9.84 Å². The van der Waals surface area contributed by atoms with Gasteiger partial charge in [0.2, 0.25) is 0 Å². The van der Waals surface area contributed by atoms with Crippen molar-refractivity contribution in [2.45, 2.75) is 36.6 Å². The van der Waals surface area contributed by atoms with Crippen LogP contribution >= 0.6 is 34.7 Å². The van der Waals surface area contributed by atoms with Gasteiger partial charge in [0, 0.05) is 31.7 Å². The van der Waals surface area contributed by atoms with Crippen molar-refractivity contribution in [3.63, 3.8) is 0 Å². The minimum absolute atomic E-state index is 0.314. The molecule has 0 spiro atoms. The minimum Gasteiger partial charge on any atom is -0.482 e. The molecule has 1 heterocycles. The number of thiazole rings is 1. The third kappa shape index (κ3) is 7.52. The molecule has 0 aliphatic rings. The molecular formula is C28H22ClF4NO3S2. The molecular weight excluding hydrogens is 574 g/mol. The molecule has 1 aromatic heterocycles. The topological polar surface area (TPSA) is 59.4 Å². The van der Waals surface area contributed by atoms with E-state index >= 15 is 0 Å². The number of hydrogen-bond acceptors (Lipinski definition) is 5. The van der Waals surface area contributed by atoms with Crippen molar-refractivity contribution in [2.75, 3.05) is 6.61 Å². The van der Waals surface area contributed by atoms with E-state index in [0.29, 0.717) is 45.5 Å². The number of aliphatic carboxylic acids is 1. The van der Waals surface area contributed by atoms with Crippen molar-refractivity contribution in [1.82, 2.24) is 4.98 Å². The summed E-state index contributed by atoms with van der Waals surface area (Å²) in [6.07, 6.45) is -3.72. The highest BCUT2D eigenvalue weighted by Crippen LogP contribution is 2.36. The molecule has 4 aromatic rings. The zero-order chi connectivity index (χ0) is 28.2. The van der Waals surface area contributed by atoms with Crippen molar-refractivity contribution in [2.24, 2.45) is 0 Å². The predicted octanol–water partition coefficient (Wildman–Crippen LogP) is 8.47. The van der Waals surface area contributed by atoms with Gasteiger partial charge >= 0.3 is 12.1 Å². The molecule has 11 heteroatoms. The Morgan fingerprint density at radius 3 is 2.49 bits per heavy atom. The summed E-state index contributed by atoms with van der Waals surface area (Å²) in [7, 11) is 0. The van der Waals surface area contributed by atoms with Gasteiger partial charge in [0.15, 0.2) is 6.61 Å². The van der Waals surface area contributed by atoms with Crippen LogP contribution in [0, 0.1) is 12.7 Å². The molecule has 4 rings (SSSR count). The van der Waals surface area contributed by atoms with E-state index in [0.717, 1.165) is 33.2 Å². The van der Waals surface area contributed by atoms with E-state index in [-0.39, 0.29) is 0 Å². The second-order valence-corrected chi connectivity index (χ2v) is 11.1. The Morgan fingerprint density at radius 2 is 1.85 bits per heavy atom. The summed E-state index contributed by atoms with van der Waals surface area (Å²) >= 11 is 9.10. The molecule has 0 bridgehead atoms. The first-order valence-corrected chi connectivity index (χ1v) is 13.9. The van der Waals surface area contributed by atoms with Crippen LogP contribution in [-0.2, 0) is 29.6 Å². The molecule has 0 aliphatic carbocycles. The highest BCUT2D eigenvalue weighted by atomic mass is 35.5. The predicted molar refractivity (Wildman–Crippen MR) is 145 cm³/mol. The van der Waals surface area contributed by atoms with E-state index in [2.05, 4.69) is 0 Å². The molecule has 0 fully saturated rings. The Bertz CT molecular complexity index is 1450. The van der Waals surface area contributed by atoms with Gasteiger partial charge in [0.05, 0.1) is 11.3 Å². The van der Waals surface area contributed by atoms with E-state index in [1.807, 2.05) is 19.1 Å². The lowest BCUT2D eigenvalue weighted by Gasteiger charge is -2.09. The van der Waals surface area contributed by atoms with Crippen LogP contribution in [0.1, 0.15) is 27.3 Å². The minimum atomic E-state index is -4.43. The third-order valence-corrected chi connectivity index (χ3v) is 8.48. The lowest BCUT2D eigenvalue weighted by Crippen LogP contribution is -2.09. The number of nitrogens with zero attached hydrogens (tertiary/aromatic N) is 1. The third-order valence-electron chi connectivity index (χ3n) is 5.78. The number of carboxylic acids is 1. The molecule has 0 unspecified atom stereocenters. The summed E-state index contributed by atoms with van der Waals surface area (Å²) in [5, 5.41) is 9.72. The number of carbonyl (C=O) groups is 1. The molecule has 4 nitrogen and oxygen atoms in total. The zero-order valence-electron chi connectivity index (χ0n) is 20.5. The van der Waals surface area contributed by atoms with Gasteiger partial charge in [-0.3, -0.25) is 0 Å². The SMILES string of the molecule is Cc1cc(SCc2sc(-c3ccc(C(F)(F)F)cc3)nc2CCc2c(F)cccc2Cl)ccc1OCC(=O)O. The monoisotopic (exact) mass is 595 g/mol. The van der Waals surface area contributed by atoms with E-state index in [1.54, 1.807) is 12.1 Å². The maximum atomic E-state index is 14.4. The lowest BCUT2D eigenvalue weighted by molar-refractivity contribution is -0.139. The largest absolute Gasteiger partial charge is 0.482 e. The Hall–Kier alpha value is -3.08. The smallest absolute Gasteiger partial charge is 0.416 e. The van der Waals surface area contributed by atoms with Crippen molar-refractivity contribution in [3.8, 4) is 16.3 Å². The van der Waals surface area contributed by atoms with Gasteiger partial charge in [0.1, 0.15) is 16.6 Å². The number of aryl methyl sites for hydroxylation is 2. The molecule has 204 valence electrons. The van der Waals surface area contributed by atoms with E-state index in [1.165, 1.54) is 47.4 Å². The van der Waals surface area contributed by atoms with Gasteiger partial charge in [-0.25, -0.2) is 14.2 Å². The molecule has 0 atom stereocenters. The summed E-state index contributed by atoms with van der Waals surface area (Å²) in [5.41, 5.74) is 1.71. The normalized spacial score (nSPS) is 11.5. The quantitative estimate of drug-likeness (QED) is 0.147. The molecule has 0 saturated heterocycles. The van der Waals surface area contributed by atoms with Crippen LogP contribution in [-0.4, -0.2) is 22.7 Å². The maximum Gasteiger partial charge on any atom is 0.416 e. The molecule has 39 heavy (non-hydrogen) atoms. The van der Waals surface area contributed by atoms with Gasteiger partial charge in [-0.2, -0.15) is 13.2 Å². The molecule has 0 amide bonds. The van der Waals surface area contributed by atoms with Crippen LogP contribution in [0.15, 0.2) is 65.6 Å². The van der Waals surface area contributed by atoms with E-state index in [9.17, 15) is 22.4 Å². The fourth-order valence-corrected chi connectivity index (χ4v) is 6.26. The summed E-state index contributed by atoms with van der Waals surface area (Å²) < 4.78 is 58.7. The molecule has 1 N–H and O–H groups in total. The van der Waals surface area contributed by atoms with Gasteiger partial charge in [-0.1, -0.05) is 29.8 Å².